The molecule has 4 nitrogen and oxygen atoms in total. The van der Waals surface area contributed by atoms with Crippen molar-refractivity contribution in [2.45, 2.75) is 6.54 Å². The minimum atomic E-state index is 0.626. The lowest BCUT2D eigenvalue weighted by molar-refractivity contribution is 0.169. The second kappa shape index (κ2) is 5.00. The Morgan fingerprint density at radius 1 is 1.27 bits per heavy atom. The van der Waals surface area contributed by atoms with Crippen LogP contribution in [0.5, 0.6) is 11.5 Å². The highest BCUT2D eigenvalue weighted by atomic mass is 16.6. The van der Waals surface area contributed by atoms with Crippen LogP contribution in [0, 0.1) is 0 Å². The maximum atomic E-state index is 5.59. The molecule has 3 N–H and O–H groups in total. The summed E-state index contributed by atoms with van der Waals surface area (Å²) >= 11 is 0. The van der Waals surface area contributed by atoms with Crippen LogP contribution in [-0.2, 0) is 6.54 Å². The smallest absolute Gasteiger partial charge is 0.165 e. The van der Waals surface area contributed by atoms with E-state index in [0.29, 0.717) is 19.8 Å². The predicted octanol–water partition coefficient (Wildman–Crippen LogP) is 0.506. The van der Waals surface area contributed by atoms with E-state index in [-0.39, 0.29) is 0 Å². The van der Waals surface area contributed by atoms with E-state index >= 15 is 0 Å². The molecule has 0 fully saturated rings. The zero-order valence-electron chi connectivity index (χ0n) is 8.66. The van der Waals surface area contributed by atoms with Crippen molar-refractivity contribution < 1.29 is 9.47 Å². The summed E-state index contributed by atoms with van der Waals surface area (Å²) in [7, 11) is 0. The van der Waals surface area contributed by atoms with E-state index in [0.717, 1.165) is 30.2 Å². The monoisotopic (exact) mass is 208 g/mol. The molecule has 0 radical (unpaired) electrons. The summed E-state index contributed by atoms with van der Waals surface area (Å²) in [6.45, 7) is 3.48. The van der Waals surface area contributed by atoms with E-state index in [1.54, 1.807) is 0 Å². The van der Waals surface area contributed by atoms with Crippen molar-refractivity contribution in [2.75, 3.05) is 26.3 Å². The number of nitrogens with one attached hydrogen (secondary N) is 1. The first-order chi connectivity index (χ1) is 7.42. The van der Waals surface area contributed by atoms with Crippen LogP contribution in [-0.4, -0.2) is 26.3 Å². The number of hydrogen-bond acceptors (Lipinski definition) is 4. The van der Waals surface area contributed by atoms with Gasteiger partial charge in [0.2, 0.25) is 0 Å². The number of ether oxygens (including phenoxy) is 2. The summed E-state index contributed by atoms with van der Waals surface area (Å²) in [5.41, 5.74) is 6.54. The van der Waals surface area contributed by atoms with Crippen molar-refractivity contribution in [2.24, 2.45) is 5.73 Å². The predicted molar refractivity (Wildman–Crippen MR) is 58.2 cm³/mol. The first-order valence-electron chi connectivity index (χ1n) is 5.20. The van der Waals surface area contributed by atoms with Gasteiger partial charge in [-0.15, -0.1) is 0 Å². The molecule has 0 saturated carbocycles. The highest BCUT2D eigenvalue weighted by molar-refractivity contribution is 5.47. The number of nitrogens with two attached hydrogens (primary N) is 1. The molecule has 1 aliphatic heterocycles. The molecule has 0 spiro atoms. The normalized spacial score (nSPS) is 13.9. The Hall–Kier alpha value is -1.26. The molecule has 0 atom stereocenters. The standard InChI is InChI=1S/C11H16N2O2/c12-4-5-13-8-9-2-1-3-10-11(9)15-7-6-14-10/h1-3,13H,4-8,12H2. The first kappa shape index (κ1) is 10.3. The molecule has 0 saturated heterocycles. The summed E-state index contributed by atoms with van der Waals surface area (Å²) < 4.78 is 11.1. The van der Waals surface area contributed by atoms with Gasteiger partial charge in [-0.3, -0.25) is 0 Å². The summed E-state index contributed by atoms with van der Waals surface area (Å²) in [6, 6.07) is 5.95. The van der Waals surface area contributed by atoms with Crippen molar-refractivity contribution in [1.82, 2.24) is 5.32 Å². The van der Waals surface area contributed by atoms with E-state index in [2.05, 4.69) is 5.32 Å². The second-order valence-corrected chi connectivity index (χ2v) is 3.41. The molecule has 0 amide bonds. The van der Waals surface area contributed by atoms with Crippen molar-refractivity contribution in [3.8, 4) is 11.5 Å². The van der Waals surface area contributed by atoms with Crippen LogP contribution in [0.3, 0.4) is 0 Å². The minimum Gasteiger partial charge on any atom is -0.486 e. The van der Waals surface area contributed by atoms with E-state index in [4.69, 9.17) is 15.2 Å². The van der Waals surface area contributed by atoms with Gasteiger partial charge in [-0.25, -0.2) is 0 Å². The molecule has 1 aromatic carbocycles. The average Bonchev–Trinajstić information content (AvgIpc) is 2.30. The van der Waals surface area contributed by atoms with E-state index in [1.807, 2.05) is 18.2 Å². The zero-order valence-corrected chi connectivity index (χ0v) is 8.66. The fourth-order valence-corrected chi connectivity index (χ4v) is 1.60. The summed E-state index contributed by atoms with van der Waals surface area (Å²) in [5, 5.41) is 3.24. The van der Waals surface area contributed by atoms with Gasteiger partial charge in [0.1, 0.15) is 13.2 Å². The van der Waals surface area contributed by atoms with Crippen LogP contribution in [0.2, 0.25) is 0 Å². The Bertz CT molecular complexity index is 328. The maximum Gasteiger partial charge on any atom is 0.165 e. The molecule has 0 aliphatic carbocycles. The van der Waals surface area contributed by atoms with Gasteiger partial charge in [0, 0.05) is 25.2 Å². The Morgan fingerprint density at radius 3 is 3.00 bits per heavy atom. The number of hydrogen-bond donors (Lipinski definition) is 2. The zero-order chi connectivity index (χ0) is 10.5. The number of benzene rings is 1. The maximum absolute atomic E-state index is 5.59. The van der Waals surface area contributed by atoms with Gasteiger partial charge in [-0.1, -0.05) is 12.1 Å². The molecule has 82 valence electrons. The van der Waals surface area contributed by atoms with Crippen molar-refractivity contribution in [1.29, 1.82) is 0 Å². The van der Waals surface area contributed by atoms with Gasteiger partial charge in [0.15, 0.2) is 11.5 Å². The molecule has 4 heteroatoms. The van der Waals surface area contributed by atoms with Gasteiger partial charge in [-0.2, -0.15) is 0 Å². The Labute approximate surface area is 89.4 Å². The van der Waals surface area contributed by atoms with Gasteiger partial charge >= 0.3 is 0 Å². The Kier molecular flexibility index (Phi) is 3.42. The molecular weight excluding hydrogens is 192 g/mol. The van der Waals surface area contributed by atoms with Gasteiger partial charge in [0.25, 0.3) is 0 Å². The van der Waals surface area contributed by atoms with Crippen LogP contribution in [0.1, 0.15) is 5.56 Å². The third-order valence-electron chi connectivity index (χ3n) is 2.28. The highest BCUT2D eigenvalue weighted by Gasteiger charge is 2.14. The van der Waals surface area contributed by atoms with E-state index in [1.165, 1.54) is 0 Å². The van der Waals surface area contributed by atoms with Gasteiger partial charge in [-0.05, 0) is 6.07 Å². The summed E-state index contributed by atoms with van der Waals surface area (Å²) in [4.78, 5) is 0. The topological polar surface area (TPSA) is 56.5 Å². The molecule has 1 heterocycles. The fourth-order valence-electron chi connectivity index (χ4n) is 1.60. The Morgan fingerprint density at radius 2 is 2.13 bits per heavy atom. The molecule has 1 aromatic rings. The van der Waals surface area contributed by atoms with Gasteiger partial charge < -0.3 is 20.5 Å². The average molecular weight is 208 g/mol. The van der Waals surface area contributed by atoms with Crippen molar-refractivity contribution >= 4 is 0 Å². The van der Waals surface area contributed by atoms with Crippen LogP contribution in [0.4, 0.5) is 0 Å². The molecule has 15 heavy (non-hydrogen) atoms. The van der Waals surface area contributed by atoms with E-state index < -0.39 is 0 Å². The minimum absolute atomic E-state index is 0.626. The number of para-hydroxylation sites is 1. The number of rotatable bonds is 4. The van der Waals surface area contributed by atoms with Crippen molar-refractivity contribution in [3.05, 3.63) is 23.8 Å². The lowest BCUT2D eigenvalue weighted by Gasteiger charge is -2.21. The lowest BCUT2D eigenvalue weighted by Crippen LogP contribution is -2.23. The van der Waals surface area contributed by atoms with Gasteiger partial charge in [0.05, 0.1) is 0 Å². The first-order valence-corrected chi connectivity index (χ1v) is 5.20. The van der Waals surface area contributed by atoms with Crippen LogP contribution in [0.15, 0.2) is 18.2 Å². The number of fused-ring (bicyclic) bond motifs is 1. The largest absolute Gasteiger partial charge is 0.486 e. The molecule has 2 rings (SSSR count). The SMILES string of the molecule is NCCNCc1cccc2c1OCCO2. The molecule has 0 aromatic heterocycles. The molecular formula is C11H16N2O2. The quantitative estimate of drug-likeness (QED) is 0.708. The Balaban J connectivity index is 2.09. The highest BCUT2D eigenvalue weighted by Crippen LogP contribution is 2.33. The molecule has 0 unspecified atom stereocenters. The van der Waals surface area contributed by atoms with Crippen LogP contribution < -0.4 is 20.5 Å². The molecule has 1 aliphatic rings. The van der Waals surface area contributed by atoms with Crippen molar-refractivity contribution in [3.63, 3.8) is 0 Å². The lowest BCUT2D eigenvalue weighted by atomic mass is 10.1. The third-order valence-corrected chi connectivity index (χ3v) is 2.28. The summed E-state index contributed by atoms with van der Waals surface area (Å²) in [5.74, 6) is 1.71. The summed E-state index contributed by atoms with van der Waals surface area (Å²) in [6.07, 6.45) is 0. The second-order valence-electron chi connectivity index (χ2n) is 3.41. The van der Waals surface area contributed by atoms with Crippen LogP contribution in [0.25, 0.3) is 0 Å². The molecule has 0 bridgehead atoms. The fraction of sp³-hybridized carbons (Fsp3) is 0.455. The van der Waals surface area contributed by atoms with E-state index in [9.17, 15) is 0 Å². The van der Waals surface area contributed by atoms with Crippen LogP contribution >= 0.6 is 0 Å². The third kappa shape index (κ3) is 2.40.